The minimum Gasteiger partial charge on any atom is -0.497 e. The fourth-order valence-corrected chi connectivity index (χ4v) is 3.40. The van der Waals surface area contributed by atoms with Gasteiger partial charge in [0.25, 0.3) is 5.91 Å². The Hall–Kier alpha value is -3.44. The second-order valence-electron chi connectivity index (χ2n) is 6.16. The number of imidazole rings is 1. The summed E-state index contributed by atoms with van der Waals surface area (Å²) in [6.45, 7) is 0. The largest absolute Gasteiger partial charge is 0.497 e. The molecule has 0 unspecified atom stereocenters. The monoisotopic (exact) mass is 477 g/mol. The molecule has 11 heteroatoms. The lowest BCUT2D eigenvalue weighted by molar-refractivity contribution is 0.102. The quantitative estimate of drug-likeness (QED) is 0.388. The second-order valence-corrected chi connectivity index (χ2v) is 7.05. The highest BCUT2D eigenvalue weighted by molar-refractivity contribution is 7.13. The minimum atomic E-state index is -0.295. The summed E-state index contributed by atoms with van der Waals surface area (Å²) >= 11 is 1.36. The number of hydrogen-bond donors (Lipinski definition) is 3. The Morgan fingerprint density at radius 1 is 1.03 bits per heavy atom. The summed E-state index contributed by atoms with van der Waals surface area (Å²) in [5, 5.41) is 8.25. The molecule has 2 heterocycles. The number of benzene rings is 2. The molecule has 0 spiro atoms. The van der Waals surface area contributed by atoms with Crippen LogP contribution in [0.15, 0.2) is 60.1 Å². The molecule has 0 aliphatic carbocycles. The van der Waals surface area contributed by atoms with Crippen LogP contribution in [0.25, 0.3) is 22.6 Å². The summed E-state index contributed by atoms with van der Waals surface area (Å²) in [6, 6.07) is 15.3. The summed E-state index contributed by atoms with van der Waals surface area (Å²) in [4.78, 5) is 24.9. The van der Waals surface area contributed by atoms with Crippen molar-refractivity contribution in [2.24, 2.45) is 0 Å². The van der Waals surface area contributed by atoms with Crippen molar-refractivity contribution in [3.63, 3.8) is 0 Å². The lowest BCUT2D eigenvalue weighted by Gasteiger charge is -2.04. The van der Waals surface area contributed by atoms with Crippen molar-refractivity contribution in [3.05, 3.63) is 65.8 Å². The van der Waals surface area contributed by atoms with Crippen LogP contribution in [0.5, 0.6) is 5.75 Å². The van der Waals surface area contributed by atoms with Crippen LogP contribution >= 0.6 is 23.7 Å². The van der Waals surface area contributed by atoms with Crippen molar-refractivity contribution in [3.8, 4) is 28.4 Å². The molecule has 7 N–H and O–H groups in total. The zero-order valence-electron chi connectivity index (χ0n) is 17.3. The van der Waals surface area contributed by atoms with Crippen LogP contribution in [0.1, 0.15) is 10.5 Å². The number of carbonyl (C=O) groups excluding carboxylic acids is 1. The SMILES string of the molecule is CNc1ccc(-c2nc(-c3ccc(OC)cc3)c(C(=O)Nc3nccs3)[nH]2)cc1.Cl.O.O. The highest BCUT2D eigenvalue weighted by Gasteiger charge is 2.20. The highest BCUT2D eigenvalue weighted by Crippen LogP contribution is 2.29. The number of amides is 1. The number of halogens is 1. The Morgan fingerprint density at radius 2 is 1.69 bits per heavy atom. The highest BCUT2D eigenvalue weighted by atomic mass is 35.5. The van der Waals surface area contributed by atoms with E-state index < -0.39 is 0 Å². The predicted octanol–water partition coefficient (Wildman–Crippen LogP) is 3.28. The average molecular weight is 478 g/mol. The van der Waals surface area contributed by atoms with Gasteiger partial charge in [-0.15, -0.1) is 23.7 Å². The average Bonchev–Trinajstić information content (AvgIpc) is 3.44. The van der Waals surface area contributed by atoms with E-state index in [2.05, 4.69) is 20.6 Å². The molecule has 9 nitrogen and oxygen atoms in total. The number of anilines is 2. The number of aromatic nitrogens is 3. The number of methoxy groups -OCH3 is 1. The molecule has 170 valence electrons. The van der Waals surface area contributed by atoms with Gasteiger partial charge in [-0.2, -0.15) is 0 Å². The van der Waals surface area contributed by atoms with E-state index in [0.717, 1.165) is 22.6 Å². The molecule has 4 aromatic rings. The summed E-state index contributed by atoms with van der Waals surface area (Å²) in [5.74, 6) is 1.06. The fraction of sp³-hybridized carbons (Fsp3) is 0.0952. The number of H-pyrrole nitrogens is 1. The molecule has 2 aromatic carbocycles. The first kappa shape index (κ1) is 26.6. The van der Waals surface area contributed by atoms with Gasteiger partial charge >= 0.3 is 0 Å². The van der Waals surface area contributed by atoms with Gasteiger partial charge in [-0.05, 0) is 48.5 Å². The van der Waals surface area contributed by atoms with E-state index in [1.807, 2.05) is 61.0 Å². The van der Waals surface area contributed by atoms with Crippen molar-refractivity contribution in [2.45, 2.75) is 0 Å². The first-order valence-corrected chi connectivity index (χ1v) is 9.79. The van der Waals surface area contributed by atoms with E-state index in [9.17, 15) is 4.79 Å². The smallest absolute Gasteiger partial charge is 0.276 e. The zero-order chi connectivity index (χ0) is 20.2. The van der Waals surface area contributed by atoms with Crippen molar-refractivity contribution in [1.29, 1.82) is 0 Å². The Morgan fingerprint density at radius 3 is 2.25 bits per heavy atom. The number of nitrogens with one attached hydrogen (secondary N) is 3. The number of rotatable bonds is 6. The van der Waals surface area contributed by atoms with Crippen LogP contribution in [-0.4, -0.2) is 46.0 Å². The second kappa shape index (κ2) is 11.8. The molecule has 0 fully saturated rings. The first-order valence-electron chi connectivity index (χ1n) is 8.91. The maximum absolute atomic E-state index is 12.9. The van der Waals surface area contributed by atoms with E-state index in [4.69, 9.17) is 9.72 Å². The Bertz CT molecular complexity index is 1120. The number of nitrogens with zero attached hydrogens (tertiary/aromatic N) is 2. The summed E-state index contributed by atoms with van der Waals surface area (Å²) in [6.07, 6.45) is 1.65. The third-order valence-corrected chi connectivity index (χ3v) is 5.08. The van der Waals surface area contributed by atoms with E-state index in [1.54, 1.807) is 13.3 Å². The number of aromatic amines is 1. The third kappa shape index (κ3) is 5.62. The van der Waals surface area contributed by atoms with Gasteiger partial charge in [0.2, 0.25) is 0 Å². The van der Waals surface area contributed by atoms with E-state index in [1.165, 1.54) is 11.3 Å². The molecular weight excluding hydrogens is 454 g/mol. The van der Waals surface area contributed by atoms with Crippen molar-refractivity contribution >= 4 is 40.5 Å². The molecule has 0 radical (unpaired) electrons. The Kier molecular flexibility index (Phi) is 9.82. The molecule has 0 saturated carbocycles. The molecule has 0 aliphatic heterocycles. The van der Waals surface area contributed by atoms with Gasteiger partial charge < -0.3 is 26.0 Å². The van der Waals surface area contributed by atoms with Gasteiger partial charge in [-0.25, -0.2) is 9.97 Å². The van der Waals surface area contributed by atoms with Crippen LogP contribution in [0, 0.1) is 0 Å². The topological polar surface area (TPSA) is 155 Å². The Labute approximate surface area is 194 Å². The lowest BCUT2D eigenvalue weighted by Crippen LogP contribution is -2.13. The van der Waals surface area contributed by atoms with Crippen molar-refractivity contribution in [2.75, 3.05) is 24.8 Å². The van der Waals surface area contributed by atoms with Gasteiger partial charge in [0.15, 0.2) is 5.13 Å². The van der Waals surface area contributed by atoms with Gasteiger partial charge in [0, 0.05) is 35.4 Å². The number of thiazole rings is 1. The summed E-state index contributed by atoms with van der Waals surface area (Å²) < 4.78 is 5.23. The van der Waals surface area contributed by atoms with E-state index in [-0.39, 0.29) is 29.3 Å². The lowest BCUT2D eigenvalue weighted by atomic mass is 10.1. The van der Waals surface area contributed by atoms with Gasteiger partial charge in [0.1, 0.15) is 23.0 Å². The zero-order valence-corrected chi connectivity index (χ0v) is 18.9. The minimum absolute atomic E-state index is 0. The Balaban J connectivity index is 0.00000171. The molecule has 2 aromatic heterocycles. The maximum atomic E-state index is 12.9. The standard InChI is InChI=1S/C21H19N5O2S.ClH.2H2O/c1-22-15-7-3-14(4-8-15)19-24-17(13-5-9-16(28-2)10-6-13)18(25-19)20(27)26-21-23-11-12-29-21;;;/h3-12,22H,1-2H3,(H,24,25)(H,23,26,27);1H;2*1H2. The molecule has 0 atom stereocenters. The molecule has 0 saturated heterocycles. The molecule has 0 bridgehead atoms. The normalized spacial score (nSPS) is 9.56. The van der Waals surface area contributed by atoms with Crippen LogP contribution < -0.4 is 15.4 Å². The molecule has 32 heavy (non-hydrogen) atoms. The van der Waals surface area contributed by atoms with E-state index >= 15 is 0 Å². The predicted molar refractivity (Wildman–Crippen MR) is 130 cm³/mol. The fourth-order valence-electron chi connectivity index (χ4n) is 2.87. The molecular formula is C21H24ClN5O4S. The maximum Gasteiger partial charge on any atom is 0.276 e. The van der Waals surface area contributed by atoms with Crippen LogP contribution in [0.2, 0.25) is 0 Å². The van der Waals surface area contributed by atoms with Gasteiger partial charge in [0.05, 0.1) is 7.11 Å². The molecule has 1 amide bonds. The van der Waals surface area contributed by atoms with Crippen LogP contribution in [0.4, 0.5) is 10.8 Å². The van der Waals surface area contributed by atoms with Crippen molar-refractivity contribution < 1.29 is 20.5 Å². The number of ether oxygens (including phenoxy) is 1. The summed E-state index contributed by atoms with van der Waals surface area (Å²) in [7, 11) is 3.48. The van der Waals surface area contributed by atoms with E-state index in [0.29, 0.717) is 22.3 Å². The van der Waals surface area contributed by atoms with Crippen molar-refractivity contribution in [1.82, 2.24) is 15.0 Å². The van der Waals surface area contributed by atoms with Gasteiger partial charge in [-0.1, -0.05) is 0 Å². The van der Waals surface area contributed by atoms with Crippen LogP contribution in [0.3, 0.4) is 0 Å². The first-order chi connectivity index (χ1) is 14.2. The number of carbonyl (C=O) groups is 1. The molecule has 0 aliphatic rings. The van der Waals surface area contributed by atoms with Gasteiger partial charge in [-0.3, -0.25) is 10.1 Å². The third-order valence-electron chi connectivity index (χ3n) is 4.39. The molecule has 4 rings (SSSR count). The van der Waals surface area contributed by atoms with Crippen LogP contribution in [-0.2, 0) is 0 Å². The number of hydrogen-bond acceptors (Lipinski definition) is 6. The summed E-state index contributed by atoms with van der Waals surface area (Å²) in [5.41, 5.74) is 3.63.